The second-order valence-corrected chi connectivity index (χ2v) is 5.06. The Hall–Kier alpha value is -1.35. The van der Waals surface area contributed by atoms with Gasteiger partial charge in [0.15, 0.2) is 0 Å². The summed E-state index contributed by atoms with van der Waals surface area (Å²) in [5.41, 5.74) is 4.42. The average molecular weight is 291 g/mol. The van der Waals surface area contributed by atoms with Crippen LogP contribution in [0.1, 0.15) is 11.4 Å². The number of anilines is 2. The van der Waals surface area contributed by atoms with Gasteiger partial charge in [0.1, 0.15) is 0 Å². The van der Waals surface area contributed by atoms with Crippen LogP contribution in [0.5, 0.6) is 0 Å². The largest absolute Gasteiger partial charge is 0.345 e. The molecule has 17 heavy (non-hydrogen) atoms. The van der Waals surface area contributed by atoms with E-state index in [4.69, 9.17) is 0 Å². The van der Waals surface area contributed by atoms with Gasteiger partial charge in [0.2, 0.25) is 0 Å². The van der Waals surface area contributed by atoms with Crippen LogP contribution in [-0.2, 0) is 0 Å². The fourth-order valence-corrected chi connectivity index (χ4v) is 2.08. The highest BCUT2D eigenvalue weighted by atomic mass is 79.9. The molecule has 0 fully saturated rings. The number of aryl methyl sites for hydroxylation is 2. The third-order valence-electron chi connectivity index (χ3n) is 2.67. The molecule has 0 aliphatic carbocycles. The van der Waals surface area contributed by atoms with E-state index in [9.17, 15) is 0 Å². The lowest BCUT2D eigenvalue weighted by Gasteiger charge is -2.20. The number of rotatable bonds is 2. The van der Waals surface area contributed by atoms with E-state index in [1.165, 1.54) is 5.69 Å². The van der Waals surface area contributed by atoms with Gasteiger partial charge < -0.3 is 4.90 Å². The van der Waals surface area contributed by atoms with Crippen molar-refractivity contribution < 1.29 is 0 Å². The van der Waals surface area contributed by atoms with Gasteiger partial charge in [-0.05, 0) is 50.2 Å². The summed E-state index contributed by atoms with van der Waals surface area (Å²) in [4.78, 5) is 6.55. The maximum Gasteiger partial charge on any atom is 0.0444 e. The van der Waals surface area contributed by atoms with E-state index in [0.29, 0.717) is 0 Å². The molecule has 0 unspecified atom stereocenters. The highest BCUT2D eigenvalue weighted by Gasteiger charge is 2.05. The van der Waals surface area contributed by atoms with Crippen molar-refractivity contribution in [2.45, 2.75) is 13.8 Å². The molecule has 0 bridgehead atoms. The fourth-order valence-electron chi connectivity index (χ4n) is 1.82. The Balaban J connectivity index is 2.36. The van der Waals surface area contributed by atoms with Crippen LogP contribution in [0.25, 0.3) is 0 Å². The third kappa shape index (κ3) is 2.86. The smallest absolute Gasteiger partial charge is 0.0444 e. The molecule has 0 amide bonds. The van der Waals surface area contributed by atoms with Crippen LogP contribution in [0.15, 0.2) is 40.9 Å². The predicted molar refractivity (Wildman–Crippen MR) is 75.9 cm³/mol. The number of halogens is 1. The van der Waals surface area contributed by atoms with Crippen molar-refractivity contribution in [3.05, 3.63) is 52.3 Å². The molecule has 0 atom stereocenters. The molecule has 0 radical (unpaired) electrons. The van der Waals surface area contributed by atoms with Crippen molar-refractivity contribution in [2.75, 3.05) is 11.9 Å². The van der Waals surface area contributed by atoms with E-state index in [0.717, 1.165) is 21.5 Å². The molecule has 0 aliphatic rings. The fraction of sp³-hybridized carbons (Fsp3) is 0.214. The molecular formula is C14H15BrN2. The van der Waals surface area contributed by atoms with Gasteiger partial charge in [0.25, 0.3) is 0 Å². The van der Waals surface area contributed by atoms with Crippen molar-refractivity contribution in [1.82, 2.24) is 4.98 Å². The zero-order chi connectivity index (χ0) is 12.4. The molecule has 0 aliphatic heterocycles. The maximum atomic E-state index is 4.39. The number of pyridine rings is 1. The molecule has 1 heterocycles. The van der Waals surface area contributed by atoms with E-state index < -0.39 is 0 Å². The first-order chi connectivity index (χ1) is 8.06. The van der Waals surface area contributed by atoms with Crippen LogP contribution in [0.4, 0.5) is 11.4 Å². The highest BCUT2D eigenvalue weighted by molar-refractivity contribution is 9.10. The van der Waals surface area contributed by atoms with Crippen LogP contribution >= 0.6 is 15.9 Å². The first-order valence-corrected chi connectivity index (χ1v) is 6.30. The van der Waals surface area contributed by atoms with Crippen molar-refractivity contribution in [1.29, 1.82) is 0 Å². The number of benzene rings is 1. The minimum absolute atomic E-state index is 1.05. The Kier molecular flexibility index (Phi) is 3.48. The number of hydrogen-bond acceptors (Lipinski definition) is 2. The zero-order valence-corrected chi connectivity index (χ0v) is 11.8. The second kappa shape index (κ2) is 4.88. The third-order valence-corrected chi connectivity index (χ3v) is 3.20. The SMILES string of the molecule is Cc1cc(N(C)c2ccc(Br)cc2)cc(C)n1. The van der Waals surface area contributed by atoms with Crippen molar-refractivity contribution in [3.63, 3.8) is 0 Å². The number of nitrogens with zero attached hydrogens (tertiary/aromatic N) is 2. The minimum Gasteiger partial charge on any atom is -0.345 e. The van der Waals surface area contributed by atoms with Gasteiger partial charge in [-0.3, -0.25) is 4.98 Å². The van der Waals surface area contributed by atoms with Crippen LogP contribution < -0.4 is 4.90 Å². The average Bonchev–Trinajstić information content (AvgIpc) is 2.28. The van der Waals surface area contributed by atoms with E-state index in [1.807, 2.05) is 26.0 Å². The number of hydrogen-bond donors (Lipinski definition) is 0. The first-order valence-electron chi connectivity index (χ1n) is 5.51. The topological polar surface area (TPSA) is 16.1 Å². The molecule has 0 N–H and O–H groups in total. The Morgan fingerprint density at radius 2 is 1.47 bits per heavy atom. The first kappa shape index (κ1) is 12.1. The Bertz CT molecular complexity index is 500. The molecule has 0 saturated carbocycles. The van der Waals surface area contributed by atoms with Crippen LogP contribution in [-0.4, -0.2) is 12.0 Å². The molecule has 88 valence electrons. The van der Waals surface area contributed by atoms with Crippen molar-refractivity contribution in [2.24, 2.45) is 0 Å². The van der Waals surface area contributed by atoms with Gasteiger partial charge >= 0.3 is 0 Å². The van der Waals surface area contributed by atoms with E-state index in [2.05, 4.69) is 57.1 Å². The summed E-state index contributed by atoms with van der Waals surface area (Å²) in [5.74, 6) is 0. The minimum atomic E-state index is 1.05. The Morgan fingerprint density at radius 1 is 0.941 bits per heavy atom. The van der Waals surface area contributed by atoms with Gasteiger partial charge in [-0.15, -0.1) is 0 Å². The van der Waals surface area contributed by atoms with Crippen molar-refractivity contribution >= 4 is 27.3 Å². The highest BCUT2D eigenvalue weighted by Crippen LogP contribution is 2.25. The van der Waals surface area contributed by atoms with Gasteiger partial charge in [-0.2, -0.15) is 0 Å². The van der Waals surface area contributed by atoms with Gasteiger partial charge in [-0.1, -0.05) is 15.9 Å². The summed E-state index contributed by atoms with van der Waals surface area (Å²) in [7, 11) is 2.07. The van der Waals surface area contributed by atoms with E-state index >= 15 is 0 Å². The molecule has 1 aromatic carbocycles. The van der Waals surface area contributed by atoms with Gasteiger partial charge in [0.05, 0.1) is 0 Å². The van der Waals surface area contributed by atoms with Crippen LogP contribution in [0.2, 0.25) is 0 Å². The second-order valence-electron chi connectivity index (χ2n) is 4.14. The molecular weight excluding hydrogens is 276 g/mol. The standard InChI is InChI=1S/C14H15BrN2/c1-10-8-14(9-11(2)16-10)17(3)13-6-4-12(15)5-7-13/h4-9H,1-3H3. The summed E-state index contributed by atoms with van der Waals surface area (Å²) >= 11 is 3.45. The van der Waals surface area contributed by atoms with E-state index in [1.54, 1.807) is 0 Å². The van der Waals surface area contributed by atoms with Crippen LogP contribution in [0.3, 0.4) is 0 Å². The van der Waals surface area contributed by atoms with Crippen LogP contribution in [0, 0.1) is 13.8 Å². The van der Waals surface area contributed by atoms with E-state index in [-0.39, 0.29) is 0 Å². The predicted octanol–water partition coefficient (Wildman–Crippen LogP) is 4.23. The molecule has 0 spiro atoms. The van der Waals surface area contributed by atoms with Crippen molar-refractivity contribution in [3.8, 4) is 0 Å². The zero-order valence-electron chi connectivity index (χ0n) is 10.2. The summed E-state index contributed by atoms with van der Waals surface area (Å²) in [6.45, 7) is 4.04. The normalized spacial score (nSPS) is 10.4. The molecule has 2 nitrogen and oxygen atoms in total. The summed E-state index contributed by atoms with van der Waals surface area (Å²) in [6.07, 6.45) is 0. The molecule has 0 saturated heterocycles. The molecule has 3 heteroatoms. The number of aromatic nitrogens is 1. The summed E-state index contributed by atoms with van der Waals surface area (Å²) < 4.78 is 1.09. The maximum absolute atomic E-state index is 4.39. The molecule has 1 aromatic heterocycles. The summed E-state index contributed by atoms with van der Waals surface area (Å²) in [6, 6.07) is 12.5. The van der Waals surface area contributed by atoms with Gasteiger partial charge in [0, 0.05) is 34.3 Å². The van der Waals surface area contributed by atoms with Gasteiger partial charge in [-0.25, -0.2) is 0 Å². The molecule has 2 rings (SSSR count). The Labute approximate surface area is 110 Å². The monoisotopic (exact) mass is 290 g/mol. The molecule has 2 aromatic rings. The lowest BCUT2D eigenvalue weighted by molar-refractivity contribution is 1.09. The lowest BCUT2D eigenvalue weighted by atomic mass is 10.2. The Morgan fingerprint density at radius 3 is 2.00 bits per heavy atom. The lowest BCUT2D eigenvalue weighted by Crippen LogP contribution is -2.10. The quantitative estimate of drug-likeness (QED) is 0.823. The summed E-state index contributed by atoms with van der Waals surface area (Å²) in [5, 5.41) is 0.